The molecule has 4 fully saturated rings. The van der Waals surface area contributed by atoms with Crippen LogP contribution in [0.1, 0.15) is 38.5 Å². The lowest BCUT2D eigenvalue weighted by Crippen LogP contribution is -2.51. The second kappa shape index (κ2) is 6.11. The van der Waals surface area contributed by atoms with Crippen LogP contribution >= 0.6 is 0 Å². The molecule has 0 radical (unpaired) electrons. The Balaban J connectivity index is 1.39. The highest BCUT2D eigenvalue weighted by molar-refractivity contribution is 5.95. The quantitative estimate of drug-likeness (QED) is 0.784. The van der Waals surface area contributed by atoms with Crippen molar-refractivity contribution in [2.24, 2.45) is 23.2 Å². The van der Waals surface area contributed by atoms with E-state index in [-0.39, 0.29) is 23.7 Å². The Bertz CT molecular complexity index is 667. The maximum Gasteiger partial charge on any atom is 0.312 e. The predicted molar refractivity (Wildman–Crippen MR) is 91.4 cm³/mol. The first-order valence-corrected chi connectivity index (χ1v) is 9.15. The first-order valence-electron chi connectivity index (χ1n) is 9.15. The van der Waals surface area contributed by atoms with Crippen molar-refractivity contribution in [3.05, 3.63) is 30.1 Å². The van der Waals surface area contributed by atoms with Gasteiger partial charge in [-0.3, -0.25) is 9.59 Å². The number of para-hydroxylation sites is 1. The molecule has 5 heteroatoms. The fourth-order valence-corrected chi connectivity index (χ4v) is 5.60. The number of rotatable bonds is 4. The summed E-state index contributed by atoms with van der Waals surface area (Å²) in [6, 6.07) is 6.09. The largest absolute Gasteiger partial charge is 0.455 e. The molecule has 1 aromatic carbocycles. The second-order valence-electron chi connectivity index (χ2n) is 8.18. The lowest BCUT2D eigenvalue weighted by Gasteiger charge is -2.55. The minimum absolute atomic E-state index is 0.193. The molecule has 4 saturated carbocycles. The highest BCUT2D eigenvalue weighted by Crippen LogP contribution is 2.60. The van der Waals surface area contributed by atoms with Crippen LogP contribution in [-0.4, -0.2) is 25.5 Å². The smallest absolute Gasteiger partial charge is 0.312 e. The Morgan fingerprint density at radius 3 is 2.24 bits per heavy atom. The summed E-state index contributed by atoms with van der Waals surface area (Å²) < 4.78 is 19.2. The fraction of sp³-hybridized carbons (Fsp3) is 0.600. The van der Waals surface area contributed by atoms with E-state index in [2.05, 4.69) is 0 Å². The van der Waals surface area contributed by atoms with Gasteiger partial charge in [0.15, 0.2) is 6.61 Å². The molecule has 1 aromatic rings. The van der Waals surface area contributed by atoms with E-state index in [0.717, 1.165) is 19.3 Å². The molecule has 4 bridgehead atoms. The van der Waals surface area contributed by atoms with E-state index >= 15 is 0 Å². The van der Waals surface area contributed by atoms with Gasteiger partial charge < -0.3 is 9.64 Å². The summed E-state index contributed by atoms with van der Waals surface area (Å²) in [6.45, 7) is -0.328. The van der Waals surface area contributed by atoms with Gasteiger partial charge in [-0.1, -0.05) is 12.1 Å². The topological polar surface area (TPSA) is 46.6 Å². The van der Waals surface area contributed by atoms with E-state index in [4.69, 9.17) is 4.74 Å². The normalized spacial score (nSPS) is 32.5. The summed E-state index contributed by atoms with van der Waals surface area (Å²) in [6.07, 6.45) is 6.49. The van der Waals surface area contributed by atoms with E-state index in [1.165, 1.54) is 43.3 Å². The number of carbonyl (C=O) groups excluding carboxylic acids is 2. The summed E-state index contributed by atoms with van der Waals surface area (Å²) in [7, 11) is 1.50. The molecule has 0 N–H and O–H groups in total. The maximum atomic E-state index is 13.8. The van der Waals surface area contributed by atoms with Crippen LogP contribution in [0.2, 0.25) is 0 Å². The van der Waals surface area contributed by atoms with Crippen LogP contribution in [0, 0.1) is 29.0 Å². The molecule has 4 aliphatic rings. The first-order chi connectivity index (χ1) is 12.0. The number of benzene rings is 1. The van der Waals surface area contributed by atoms with E-state index < -0.39 is 11.7 Å². The molecule has 25 heavy (non-hydrogen) atoms. The number of nitrogens with zero attached hydrogens (tertiary/aromatic N) is 1. The van der Waals surface area contributed by atoms with Crippen LogP contribution < -0.4 is 4.90 Å². The molecule has 1 amide bonds. The number of hydrogen-bond acceptors (Lipinski definition) is 3. The zero-order valence-electron chi connectivity index (χ0n) is 14.5. The van der Waals surface area contributed by atoms with Gasteiger partial charge in [-0.25, -0.2) is 4.39 Å². The van der Waals surface area contributed by atoms with Crippen molar-refractivity contribution in [2.45, 2.75) is 38.5 Å². The summed E-state index contributed by atoms with van der Waals surface area (Å²) in [5.41, 5.74) is -0.177. The van der Waals surface area contributed by atoms with Gasteiger partial charge in [0, 0.05) is 7.05 Å². The molecule has 4 aliphatic carbocycles. The predicted octanol–water partition coefficient (Wildman–Crippen LogP) is 3.55. The molecule has 0 aliphatic heterocycles. The third-order valence-corrected chi connectivity index (χ3v) is 6.39. The number of likely N-dealkylation sites (N-methyl/N-ethyl adjacent to an activating group) is 1. The lowest BCUT2D eigenvalue weighted by molar-refractivity contribution is -0.172. The summed E-state index contributed by atoms with van der Waals surface area (Å²) in [5, 5.41) is 0. The standard InChI is InChI=1S/C20H24FNO3/c1-22(17-5-3-2-4-16(17)21)18(23)12-25-19(24)20-9-13-6-14(10-20)8-15(7-13)11-20/h2-5,13-15H,6-12H2,1H3. The Labute approximate surface area is 147 Å². The molecule has 0 heterocycles. The van der Waals surface area contributed by atoms with Crippen LogP contribution in [0.4, 0.5) is 10.1 Å². The van der Waals surface area contributed by atoms with Crippen LogP contribution in [0.5, 0.6) is 0 Å². The highest BCUT2D eigenvalue weighted by atomic mass is 19.1. The van der Waals surface area contributed by atoms with Crippen molar-refractivity contribution in [3.8, 4) is 0 Å². The monoisotopic (exact) mass is 345 g/mol. The third kappa shape index (κ3) is 2.94. The summed E-state index contributed by atoms with van der Waals surface area (Å²) in [4.78, 5) is 26.3. The van der Waals surface area contributed by atoms with Gasteiger partial charge in [-0.05, 0) is 68.4 Å². The van der Waals surface area contributed by atoms with Crippen molar-refractivity contribution in [1.82, 2.24) is 0 Å². The van der Waals surface area contributed by atoms with E-state index in [1.807, 2.05) is 0 Å². The van der Waals surface area contributed by atoms with Gasteiger partial charge in [0.2, 0.25) is 0 Å². The molecule has 0 atom stereocenters. The Morgan fingerprint density at radius 2 is 1.68 bits per heavy atom. The zero-order chi connectivity index (χ0) is 17.6. The lowest BCUT2D eigenvalue weighted by atomic mass is 9.49. The Morgan fingerprint density at radius 1 is 1.12 bits per heavy atom. The molecule has 5 rings (SSSR count). The number of ether oxygens (including phenoxy) is 1. The van der Waals surface area contributed by atoms with Crippen molar-refractivity contribution in [2.75, 3.05) is 18.6 Å². The average Bonchev–Trinajstić information content (AvgIpc) is 2.58. The molecular weight excluding hydrogens is 321 g/mol. The highest BCUT2D eigenvalue weighted by Gasteiger charge is 2.55. The van der Waals surface area contributed by atoms with Gasteiger partial charge in [0.1, 0.15) is 5.82 Å². The number of anilines is 1. The van der Waals surface area contributed by atoms with E-state index in [0.29, 0.717) is 17.8 Å². The van der Waals surface area contributed by atoms with E-state index in [1.54, 1.807) is 12.1 Å². The molecule has 0 unspecified atom stereocenters. The minimum atomic E-state index is -0.467. The van der Waals surface area contributed by atoms with Crippen molar-refractivity contribution in [1.29, 1.82) is 0 Å². The van der Waals surface area contributed by atoms with Crippen molar-refractivity contribution >= 4 is 17.6 Å². The average molecular weight is 345 g/mol. The van der Waals surface area contributed by atoms with Gasteiger partial charge in [-0.15, -0.1) is 0 Å². The van der Waals surface area contributed by atoms with Gasteiger partial charge in [0.05, 0.1) is 11.1 Å². The SMILES string of the molecule is CN(C(=O)COC(=O)C12CC3CC(CC(C3)C1)C2)c1ccccc1F. The number of amides is 1. The molecule has 4 nitrogen and oxygen atoms in total. The van der Waals surface area contributed by atoms with Crippen molar-refractivity contribution < 1.29 is 18.7 Å². The summed E-state index contributed by atoms with van der Waals surface area (Å²) >= 11 is 0. The van der Waals surface area contributed by atoms with E-state index in [9.17, 15) is 14.0 Å². The fourth-order valence-electron chi connectivity index (χ4n) is 5.60. The summed E-state index contributed by atoms with van der Waals surface area (Å²) in [5.74, 6) is 0.845. The number of esters is 1. The van der Waals surface area contributed by atoms with Gasteiger partial charge >= 0.3 is 5.97 Å². The van der Waals surface area contributed by atoms with Gasteiger partial charge in [0.25, 0.3) is 5.91 Å². The number of hydrogen-bond donors (Lipinski definition) is 0. The van der Waals surface area contributed by atoms with Crippen LogP contribution in [0.25, 0.3) is 0 Å². The zero-order valence-corrected chi connectivity index (χ0v) is 14.5. The molecule has 0 saturated heterocycles. The second-order valence-corrected chi connectivity index (χ2v) is 8.18. The molecule has 0 spiro atoms. The molecule has 0 aromatic heterocycles. The maximum absolute atomic E-state index is 13.8. The minimum Gasteiger partial charge on any atom is -0.455 e. The van der Waals surface area contributed by atoms with Gasteiger partial charge in [-0.2, -0.15) is 0 Å². The van der Waals surface area contributed by atoms with Crippen LogP contribution in [0.15, 0.2) is 24.3 Å². The Hall–Kier alpha value is -1.91. The molecular formula is C20H24FNO3. The third-order valence-electron chi connectivity index (χ3n) is 6.39. The Kier molecular flexibility index (Phi) is 4.05. The van der Waals surface area contributed by atoms with Crippen molar-refractivity contribution in [3.63, 3.8) is 0 Å². The number of halogens is 1. The van der Waals surface area contributed by atoms with Crippen LogP contribution in [-0.2, 0) is 14.3 Å². The van der Waals surface area contributed by atoms with Crippen LogP contribution in [0.3, 0.4) is 0 Å². The number of carbonyl (C=O) groups is 2. The first kappa shape index (κ1) is 16.6. The molecule has 134 valence electrons.